The van der Waals surface area contributed by atoms with Crippen molar-refractivity contribution in [3.8, 4) is 0 Å². The van der Waals surface area contributed by atoms with E-state index in [1.807, 2.05) is 15.9 Å². The van der Waals surface area contributed by atoms with Crippen LogP contribution >= 0.6 is 11.8 Å². The first kappa shape index (κ1) is 19.2. The van der Waals surface area contributed by atoms with Crippen LogP contribution in [0.2, 0.25) is 0 Å². The monoisotopic (exact) mass is 411 g/mol. The largest absolute Gasteiger partial charge is 0.478 e. The number of aromatic carboxylic acids is 1. The van der Waals surface area contributed by atoms with Crippen LogP contribution in [0.5, 0.6) is 0 Å². The number of anilines is 1. The zero-order valence-corrected chi connectivity index (χ0v) is 16.2. The maximum absolute atomic E-state index is 14.0. The molecular formula is C21H18FN3O3S. The first-order valence-electron chi connectivity index (χ1n) is 9.11. The molecule has 0 bridgehead atoms. The molecule has 29 heavy (non-hydrogen) atoms. The number of amidine groups is 1. The molecule has 2 heterocycles. The number of piperazine rings is 1. The van der Waals surface area contributed by atoms with E-state index in [1.54, 1.807) is 30.3 Å². The van der Waals surface area contributed by atoms with E-state index in [0.29, 0.717) is 41.9 Å². The van der Waals surface area contributed by atoms with Gasteiger partial charge in [0.05, 0.1) is 16.2 Å². The minimum atomic E-state index is -0.990. The van der Waals surface area contributed by atoms with Crippen molar-refractivity contribution >= 4 is 40.6 Å². The Morgan fingerprint density at radius 3 is 2.34 bits per heavy atom. The predicted octanol–water partition coefficient (Wildman–Crippen LogP) is 3.32. The minimum Gasteiger partial charge on any atom is -0.478 e. The van der Waals surface area contributed by atoms with Crippen molar-refractivity contribution in [2.24, 2.45) is 4.99 Å². The van der Waals surface area contributed by atoms with Gasteiger partial charge in [-0.2, -0.15) is 4.99 Å². The van der Waals surface area contributed by atoms with Crippen molar-refractivity contribution in [3.63, 3.8) is 0 Å². The van der Waals surface area contributed by atoms with Gasteiger partial charge >= 0.3 is 5.97 Å². The summed E-state index contributed by atoms with van der Waals surface area (Å²) in [7, 11) is 0. The van der Waals surface area contributed by atoms with Crippen molar-refractivity contribution in [2.45, 2.75) is 0 Å². The summed E-state index contributed by atoms with van der Waals surface area (Å²) < 4.78 is 14.0. The van der Waals surface area contributed by atoms with Gasteiger partial charge in [-0.05, 0) is 47.7 Å². The molecule has 8 heteroatoms. The van der Waals surface area contributed by atoms with Gasteiger partial charge in [0.1, 0.15) is 5.82 Å². The Kier molecular flexibility index (Phi) is 5.35. The number of carboxylic acids is 1. The summed E-state index contributed by atoms with van der Waals surface area (Å²) in [5.41, 5.74) is 1.53. The number of thioether (sulfide) groups is 1. The SMILES string of the molecule is O=C1N=C(N2CCN(c3ccccc3F)CC2)SC1=Cc1ccc(C(=O)O)cc1. The highest BCUT2D eigenvalue weighted by Crippen LogP contribution is 2.31. The van der Waals surface area contributed by atoms with E-state index in [0.717, 1.165) is 5.56 Å². The van der Waals surface area contributed by atoms with Crippen molar-refractivity contribution < 1.29 is 19.1 Å². The van der Waals surface area contributed by atoms with Crippen LogP contribution in [0, 0.1) is 5.82 Å². The number of hydrogen-bond acceptors (Lipinski definition) is 5. The molecule has 0 spiro atoms. The molecule has 0 saturated carbocycles. The number of carboxylic acid groups (broad SMARTS) is 1. The van der Waals surface area contributed by atoms with E-state index in [-0.39, 0.29) is 17.3 Å². The van der Waals surface area contributed by atoms with Crippen LogP contribution in [0.3, 0.4) is 0 Å². The molecule has 1 fully saturated rings. The third kappa shape index (κ3) is 4.17. The third-order valence-corrected chi connectivity index (χ3v) is 5.85. The van der Waals surface area contributed by atoms with Gasteiger partial charge in [0.25, 0.3) is 5.91 Å². The number of benzene rings is 2. The standard InChI is InChI=1S/C21H18FN3O3S/c22-16-3-1-2-4-17(16)24-9-11-25(12-10-24)21-23-19(26)18(29-21)13-14-5-7-15(8-6-14)20(27)28/h1-8,13H,9-12H2,(H,27,28). The molecule has 148 valence electrons. The Balaban J connectivity index is 1.40. The fraction of sp³-hybridized carbons (Fsp3) is 0.190. The second-order valence-electron chi connectivity index (χ2n) is 6.66. The van der Waals surface area contributed by atoms with Crippen molar-refractivity contribution in [1.82, 2.24) is 4.90 Å². The molecule has 0 aromatic heterocycles. The number of rotatable bonds is 3. The van der Waals surface area contributed by atoms with E-state index in [1.165, 1.54) is 30.0 Å². The summed E-state index contributed by atoms with van der Waals surface area (Å²) in [6.45, 7) is 2.58. The van der Waals surface area contributed by atoms with Gasteiger partial charge in [-0.15, -0.1) is 0 Å². The first-order valence-corrected chi connectivity index (χ1v) is 9.93. The lowest BCUT2D eigenvalue weighted by atomic mass is 10.1. The summed E-state index contributed by atoms with van der Waals surface area (Å²) >= 11 is 1.31. The lowest BCUT2D eigenvalue weighted by Gasteiger charge is -2.36. The van der Waals surface area contributed by atoms with Crippen LogP contribution in [-0.4, -0.2) is 53.2 Å². The summed E-state index contributed by atoms with van der Waals surface area (Å²) in [6.07, 6.45) is 1.71. The second-order valence-corrected chi connectivity index (χ2v) is 7.67. The fourth-order valence-corrected chi connectivity index (χ4v) is 4.22. The van der Waals surface area contributed by atoms with Crippen LogP contribution in [0.15, 0.2) is 58.4 Å². The Bertz CT molecular complexity index is 1010. The summed E-state index contributed by atoms with van der Waals surface area (Å²) in [5.74, 6) is -1.53. The number of hydrogen-bond donors (Lipinski definition) is 1. The third-order valence-electron chi connectivity index (χ3n) is 4.81. The molecule has 0 radical (unpaired) electrons. The number of nitrogens with zero attached hydrogens (tertiary/aromatic N) is 3. The average Bonchev–Trinajstić information content (AvgIpc) is 3.09. The highest BCUT2D eigenvalue weighted by Gasteiger charge is 2.29. The number of carbonyl (C=O) groups is 2. The highest BCUT2D eigenvalue weighted by molar-refractivity contribution is 8.18. The Hall–Kier alpha value is -3.13. The zero-order chi connectivity index (χ0) is 20.4. The van der Waals surface area contributed by atoms with Crippen molar-refractivity contribution in [1.29, 1.82) is 0 Å². The summed E-state index contributed by atoms with van der Waals surface area (Å²) in [6, 6.07) is 13.0. The normalized spacial score (nSPS) is 18.3. The number of para-hydroxylation sites is 1. The van der Waals surface area contributed by atoms with E-state index in [4.69, 9.17) is 5.11 Å². The molecule has 2 aliphatic rings. The fourth-order valence-electron chi connectivity index (χ4n) is 3.25. The van der Waals surface area contributed by atoms with E-state index in [9.17, 15) is 14.0 Å². The second kappa shape index (κ2) is 8.08. The predicted molar refractivity (Wildman–Crippen MR) is 112 cm³/mol. The molecule has 0 atom stereocenters. The van der Waals surface area contributed by atoms with Gasteiger partial charge in [0.15, 0.2) is 5.17 Å². The Labute approximate surface area is 171 Å². The molecule has 2 aromatic rings. The van der Waals surface area contributed by atoms with Crippen LogP contribution in [-0.2, 0) is 4.79 Å². The average molecular weight is 411 g/mol. The van der Waals surface area contributed by atoms with E-state index in [2.05, 4.69) is 4.99 Å². The molecule has 1 N–H and O–H groups in total. The van der Waals surface area contributed by atoms with Crippen LogP contribution in [0.1, 0.15) is 15.9 Å². The maximum atomic E-state index is 14.0. The van der Waals surface area contributed by atoms with Crippen molar-refractivity contribution in [3.05, 3.63) is 70.4 Å². The molecule has 1 amide bonds. The number of halogens is 1. The lowest BCUT2D eigenvalue weighted by Crippen LogP contribution is -2.48. The first-order chi connectivity index (χ1) is 14.0. The smallest absolute Gasteiger partial charge is 0.335 e. The van der Waals surface area contributed by atoms with Crippen molar-refractivity contribution in [2.75, 3.05) is 31.1 Å². The van der Waals surface area contributed by atoms with Crippen LogP contribution < -0.4 is 4.90 Å². The van der Waals surface area contributed by atoms with Crippen LogP contribution in [0.4, 0.5) is 10.1 Å². The zero-order valence-electron chi connectivity index (χ0n) is 15.4. The molecule has 2 aromatic carbocycles. The highest BCUT2D eigenvalue weighted by atomic mass is 32.2. The molecule has 4 rings (SSSR count). The van der Waals surface area contributed by atoms with E-state index < -0.39 is 5.97 Å². The Morgan fingerprint density at radius 1 is 1.03 bits per heavy atom. The quantitative estimate of drug-likeness (QED) is 0.782. The summed E-state index contributed by atoms with van der Waals surface area (Å²) in [4.78, 5) is 31.9. The lowest BCUT2D eigenvalue weighted by molar-refractivity contribution is -0.113. The van der Waals surface area contributed by atoms with Gasteiger partial charge in [-0.1, -0.05) is 24.3 Å². The summed E-state index contributed by atoms with van der Waals surface area (Å²) in [5, 5.41) is 9.62. The molecule has 1 saturated heterocycles. The molecule has 6 nitrogen and oxygen atoms in total. The van der Waals surface area contributed by atoms with Gasteiger partial charge in [0, 0.05) is 26.2 Å². The number of aliphatic imine (C=N–C) groups is 1. The van der Waals surface area contributed by atoms with Gasteiger partial charge in [-0.3, -0.25) is 4.79 Å². The molecule has 0 unspecified atom stereocenters. The topological polar surface area (TPSA) is 73.2 Å². The van der Waals surface area contributed by atoms with E-state index >= 15 is 0 Å². The molecule has 2 aliphatic heterocycles. The van der Waals surface area contributed by atoms with Gasteiger partial charge in [0.2, 0.25) is 0 Å². The number of carbonyl (C=O) groups excluding carboxylic acids is 1. The molecule has 0 aliphatic carbocycles. The van der Waals surface area contributed by atoms with Gasteiger partial charge in [-0.25, -0.2) is 9.18 Å². The minimum absolute atomic E-state index is 0.196. The van der Waals surface area contributed by atoms with Crippen LogP contribution in [0.25, 0.3) is 6.08 Å². The molecular weight excluding hydrogens is 393 g/mol. The number of amides is 1. The Morgan fingerprint density at radius 2 is 1.69 bits per heavy atom. The maximum Gasteiger partial charge on any atom is 0.335 e. The van der Waals surface area contributed by atoms with Gasteiger partial charge < -0.3 is 14.9 Å².